The number of methoxy groups -OCH3 is 1. The summed E-state index contributed by atoms with van der Waals surface area (Å²) in [6.07, 6.45) is 7.92. The van der Waals surface area contributed by atoms with Gasteiger partial charge in [-0.25, -0.2) is 0 Å². The lowest BCUT2D eigenvalue weighted by molar-refractivity contribution is 0.0757. The lowest BCUT2D eigenvalue weighted by atomic mass is 9.67. The molecule has 1 aliphatic heterocycles. The van der Waals surface area contributed by atoms with E-state index in [1.54, 1.807) is 7.11 Å². The molecule has 2 fully saturated rings. The first-order chi connectivity index (χ1) is 13.6. The number of aryl methyl sites for hydroxylation is 2. The molecule has 1 spiro atoms. The second kappa shape index (κ2) is 7.57. The van der Waals surface area contributed by atoms with Crippen LogP contribution >= 0.6 is 0 Å². The largest absolute Gasteiger partial charge is 0.497 e. The highest BCUT2D eigenvalue weighted by Crippen LogP contribution is 2.51. The van der Waals surface area contributed by atoms with Gasteiger partial charge in [0.05, 0.1) is 7.11 Å². The van der Waals surface area contributed by atoms with Crippen molar-refractivity contribution in [3.05, 3.63) is 41.5 Å². The van der Waals surface area contributed by atoms with Crippen LogP contribution in [0.1, 0.15) is 66.7 Å². The summed E-state index contributed by atoms with van der Waals surface area (Å²) in [5.41, 5.74) is 1.86. The van der Waals surface area contributed by atoms with Crippen molar-refractivity contribution in [2.45, 2.75) is 58.4 Å². The molecule has 0 bridgehead atoms. The van der Waals surface area contributed by atoms with Crippen molar-refractivity contribution in [2.24, 2.45) is 5.41 Å². The minimum absolute atomic E-state index is 0.121. The summed E-state index contributed by atoms with van der Waals surface area (Å²) >= 11 is 0. The van der Waals surface area contributed by atoms with Crippen LogP contribution in [-0.4, -0.2) is 45.8 Å². The molecular weight excluding hydrogens is 352 g/mol. The van der Waals surface area contributed by atoms with Gasteiger partial charge in [0.2, 0.25) is 0 Å². The number of ether oxygens (including phenoxy) is 1. The zero-order valence-corrected chi connectivity index (χ0v) is 17.1. The number of amides is 1. The summed E-state index contributed by atoms with van der Waals surface area (Å²) in [6, 6.07) is 5.70. The smallest absolute Gasteiger partial charge is 0.254 e. The highest BCUT2D eigenvalue weighted by Gasteiger charge is 2.50. The zero-order chi connectivity index (χ0) is 19.7. The van der Waals surface area contributed by atoms with Gasteiger partial charge in [0.1, 0.15) is 17.9 Å². The van der Waals surface area contributed by atoms with Crippen molar-refractivity contribution in [1.82, 2.24) is 19.7 Å². The Hall–Kier alpha value is -2.37. The number of carbonyl (C=O) groups excluding carboxylic acids is 1. The van der Waals surface area contributed by atoms with E-state index in [-0.39, 0.29) is 17.2 Å². The Balaban J connectivity index is 1.65. The fourth-order valence-electron chi connectivity index (χ4n) is 5.19. The van der Waals surface area contributed by atoms with Gasteiger partial charge in [-0.3, -0.25) is 4.79 Å². The minimum atomic E-state index is 0.121. The van der Waals surface area contributed by atoms with E-state index in [1.807, 2.05) is 31.5 Å². The van der Waals surface area contributed by atoms with Crippen LogP contribution in [0.5, 0.6) is 5.75 Å². The van der Waals surface area contributed by atoms with Crippen molar-refractivity contribution < 1.29 is 9.53 Å². The molecule has 28 heavy (non-hydrogen) atoms. The average Bonchev–Trinajstić information content (AvgIpc) is 3.32. The maximum Gasteiger partial charge on any atom is 0.254 e. The van der Waals surface area contributed by atoms with Crippen LogP contribution in [0.4, 0.5) is 0 Å². The molecule has 1 saturated carbocycles. The maximum atomic E-state index is 13.4. The van der Waals surface area contributed by atoms with E-state index in [1.165, 1.54) is 32.1 Å². The molecule has 150 valence electrons. The first kappa shape index (κ1) is 19.0. The third-order valence-corrected chi connectivity index (χ3v) is 6.75. The fraction of sp³-hybridized carbons (Fsp3) is 0.591. The zero-order valence-electron chi connectivity index (χ0n) is 17.1. The maximum absolute atomic E-state index is 13.4. The van der Waals surface area contributed by atoms with Gasteiger partial charge in [-0.2, -0.15) is 0 Å². The summed E-state index contributed by atoms with van der Waals surface area (Å²) in [5, 5.41) is 8.66. The van der Waals surface area contributed by atoms with E-state index < -0.39 is 0 Å². The van der Waals surface area contributed by atoms with Gasteiger partial charge in [0.15, 0.2) is 0 Å². The van der Waals surface area contributed by atoms with Crippen molar-refractivity contribution in [1.29, 1.82) is 0 Å². The second-order valence-electron chi connectivity index (χ2n) is 8.32. The molecular formula is C22H30N4O2. The number of benzene rings is 1. The van der Waals surface area contributed by atoms with Gasteiger partial charge < -0.3 is 14.2 Å². The number of hydrogen-bond acceptors (Lipinski definition) is 4. The third kappa shape index (κ3) is 3.19. The number of rotatable bonds is 4. The summed E-state index contributed by atoms with van der Waals surface area (Å²) in [5.74, 6) is 2.22. The van der Waals surface area contributed by atoms with Gasteiger partial charge in [-0.1, -0.05) is 19.3 Å². The molecule has 0 radical (unpaired) electrons. The van der Waals surface area contributed by atoms with Crippen molar-refractivity contribution in [3.8, 4) is 5.75 Å². The SMILES string of the molecule is CCn1cnnc1C1CN(C(=O)c2ccc(OC)cc2C)CC12CCCCC2. The Morgan fingerprint density at radius 2 is 2.07 bits per heavy atom. The van der Waals surface area contributed by atoms with E-state index in [2.05, 4.69) is 26.6 Å². The molecule has 1 saturated heterocycles. The number of likely N-dealkylation sites (tertiary alicyclic amines) is 1. The van der Waals surface area contributed by atoms with Gasteiger partial charge in [-0.15, -0.1) is 10.2 Å². The molecule has 2 heterocycles. The molecule has 2 aliphatic rings. The van der Waals surface area contributed by atoms with Gasteiger partial charge in [0, 0.05) is 31.1 Å². The average molecular weight is 383 g/mol. The van der Waals surface area contributed by atoms with Crippen LogP contribution in [-0.2, 0) is 6.54 Å². The summed E-state index contributed by atoms with van der Waals surface area (Å²) in [4.78, 5) is 15.5. The molecule has 0 N–H and O–H groups in total. The van der Waals surface area contributed by atoms with Crippen LogP contribution in [0.2, 0.25) is 0 Å². The molecule has 1 aromatic carbocycles. The van der Waals surface area contributed by atoms with E-state index in [0.29, 0.717) is 0 Å². The minimum Gasteiger partial charge on any atom is -0.497 e. The predicted octanol–water partition coefficient (Wildman–Crippen LogP) is 3.81. The van der Waals surface area contributed by atoms with Gasteiger partial charge in [-0.05, 0) is 55.9 Å². The summed E-state index contributed by atoms with van der Waals surface area (Å²) in [7, 11) is 1.65. The van der Waals surface area contributed by atoms with E-state index in [4.69, 9.17) is 4.74 Å². The standard InChI is InChI=1S/C22H30N4O2/c1-4-25-15-23-24-20(25)19-13-26(14-22(19)10-6-5-7-11-22)21(27)18-9-8-17(28-3)12-16(18)2/h8-9,12,15,19H,4-7,10-11,13-14H2,1-3H3. The van der Waals surface area contributed by atoms with Crippen LogP contribution in [0.15, 0.2) is 24.5 Å². The van der Waals surface area contributed by atoms with Crippen LogP contribution in [0, 0.1) is 12.3 Å². The van der Waals surface area contributed by atoms with Crippen LogP contribution < -0.4 is 4.74 Å². The summed E-state index contributed by atoms with van der Waals surface area (Å²) < 4.78 is 7.44. The van der Waals surface area contributed by atoms with Crippen LogP contribution in [0.25, 0.3) is 0 Å². The molecule has 4 rings (SSSR count). The Labute approximate surface area is 166 Å². The number of aromatic nitrogens is 3. The Morgan fingerprint density at radius 3 is 2.75 bits per heavy atom. The Bertz CT molecular complexity index is 854. The number of carbonyl (C=O) groups is 1. The van der Waals surface area contributed by atoms with Gasteiger partial charge >= 0.3 is 0 Å². The van der Waals surface area contributed by atoms with E-state index in [0.717, 1.165) is 42.3 Å². The monoisotopic (exact) mass is 382 g/mol. The summed E-state index contributed by atoms with van der Waals surface area (Å²) in [6.45, 7) is 6.51. The highest BCUT2D eigenvalue weighted by atomic mass is 16.5. The molecule has 1 aromatic heterocycles. The first-order valence-electron chi connectivity index (χ1n) is 10.4. The fourth-order valence-corrected chi connectivity index (χ4v) is 5.19. The lowest BCUT2D eigenvalue weighted by Crippen LogP contribution is -2.34. The molecule has 6 nitrogen and oxygen atoms in total. The highest BCUT2D eigenvalue weighted by molar-refractivity contribution is 5.96. The third-order valence-electron chi connectivity index (χ3n) is 6.75. The Kier molecular flexibility index (Phi) is 5.13. The quantitative estimate of drug-likeness (QED) is 0.807. The number of nitrogens with zero attached hydrogens (tertiary/aromatic N) is 4. The number of hydrogen-bond donors (Lipinski definition) is 0. The topological polar surface area (TPSA) is 60.2 Å². The van der Waals surface area contributed by atoms with Crippen molar-refractivity contribution >= 4 is 5.91 Å². The molecule has 1 unspecified atom stereocenters. The van der Waals surface area contributed by atoms with Crippen molar-refractivity contribution in [3.63, 3.8) is 0 Å². The van der Waals surface area contributed by atoms with Crippen LogP contribution in [0.3, 0.4) is 0 Å². The Morgan fingerprint density at radius 1 is 1.29 bits per heavy atom. The van der Waals surface area contributed by atoms with E-state index >= 15 is 0 Å². The normalized spacial score (nSPS) is 21.2. The molecule has 1 atom stereocenters. The second-order valence-corrected chi connectivity index (χ2v) is 8.32. The first-order valence-corrected chi connectivity index (χ1v) is 10.4. The van der Waals surface area contributed by atoms with Gasteiger partial charge in [0.25, 0.3) is 5.91 Å². The molecule has 6 heteroatoms. The van der Waals surface area contributed by atoms with E-state index in [9.17, 15) is 4.79 Å². The molecule has 2 aromatic rings. The lowest BCUT2D eigenvalue weighted by Gasteiger charge is -2.37. The molecule has 1 aliphatic carbocycles. The molecule has 1 amide bonds. The predicted molar refractivity (Wildman–Crippen MR) is 108 cm³/mol. The van der Waals surface area contributed by atoms with Crippen molar-refractivity contribution in [2.75, 3.05) is 20.2 Å².